The molecule has 1 heterocycles. The highest BCUT2D eigenvalue weighted by molar-refractivity contribution is 5.92. The first-order valence-corrected chi connectivity index (χ1v) is 8.56. The van der Waals surface area contributed by atoms with Crippen molar-refractivity contribution >= 4 is 5.91 Å². The van der Waals surface area contributed by atoms with Gasteiger partial charge in [-0.2, -0.15) is 0 Å². The van der Waals surface area contributed by atoms with E-state index in [2.05, 4.69) is 15.6 Å². The second-order valence-corrected chi connectivity index (χ2v) is 6.49. The number of rotatable bonds is 7. The van der Waals surface area contributed by atoms with Gasteiger partial charge >= 0.3 is 0 Å². The summed E-state index contributed by atoms with van der Waals surface area (Å²) in [5.41, 5.74) is 2.49. The van der Waals surface area contributed by atoms with Crippen molar-refractivity contribution in [1.82, 2.24) is 25.2 Å². The Labute approximate surface area is 153 Å². The highest BCUT2D eigenvalue weighted by Gasteiger charge is 2.18. The first kappa shape index (κ1) is 17.8. The molecule has 1 N–H and O–H groups in total. The van der Waals surface area contributed by atoms with Crippen molar-refractivity contribution in [2.45, 2.75) is 12.6 Å². The van der Waals surface area contributed by atoms with Gasteiger partial charge < -0.3 is 10.2 Å². The number of likely N-dealkylation sites (N-methyl/N-ethyl adjacent to an activating group) is 1. The molecule has 26 heavy (non-hydrogen) atoms. The Bertz CT molecular complexity index is 830. The van der Waals surface area contributed by atoms with E-state index in [4.69, 9.17) is 0 Å². The molecule has 1 amide bonds. The molecule has 0 aliphatic rings. The van der Waals surface area contributed by atoms with Crippen LogP contribution in [0, 0.1) is 0 Å². The largest absolute Gasteiger partial charge is 0.342 e. The van der Waals surface area contributed by atoms with E-state index in [-0.39, 0.29) is 11.9 Å². The van der Waals surface area contributed by atoms with E-state index in [9.17, 15) is 4.79 Å². The standard InChI is InChI=1S/C20H23N5O/c1-24(2)14-18(17-11-7-4-8-12-17)21-20(26)19-15-25(23-22-19)13-16-9-5-3-6-10-16/h3-12,15,18H,13-14H2,1-2H3,(H,21,26). The highest BCUT2D eigenvalue weighted by Crippen LogP contribution is 2.14. The van der Waals surface area contributed by atoms with Crippen molar-refractivity contribution in [1.29, 1.82) is 0 Å². The highest BCUT2D eigenvalue weighted by atomic mass is 16.2. The molecule has 2 aromatic carbocycles. The topological polar surface area (TPSA) is 63.1 Å². The summed E-state index contributed by atoms with van der Waals surface area (Å²) < 4.78 is 1.67. The first-order valence-electron chi connectivity index (χ1n) is 8.56. The van der Waals surface area contributed by atoms with Gasteiger partial charge in [0.05, 0.1) is 18.8 Å². The molecule has 6 nitrogen and oxygen atoms in total. The van der Waals surface area contributed by atoms with Gasteiger partial charge in [0.15, 0.2) is 5.69 Å². The minimum atomic E-state index is -0.222. The van der Waals surface area contributed by atoms with Crippen molar-refractivity contribution < 1.29 is 4.79 Å². The third-order valence-electron chi connectivity index (χ3n) is 4.01. The number of aromatic nitrogens is 3. The van der Waals surface area contributed by atoms with E-state index < -0.39 is 0 Å². The van der Waals surface area contributed by atoms with E-state index in [0.29, 0.717) is 18.8 Å². The molecule has 1 unspecified atom stereocenters. The van der Waals surface area contributed by atoms with Crippen LogP contribution in [0.1, 0.15) is 27.7 Å². The Kier molecular flexibility index (Phi) is 5.76. The van der Waals surface area contributed by atoms with Gasteiger partial charge in [-0.3, -0.25) is 4.79 Å². The Morgan fingerprint density at radius 1 is 1.08 bits per heavy atom. The molecule has 0 fully saturated rings. The second kappa shape index (κ2) is 8.40. The molecule has 0 spiro atoms. The van der Waals surface area contributed by atoms with Gasteiger partial charge in [-0.15, -0.1) is 5.10 Å². The summed E-state index contributed by atoms with van der Waals surface area (Å²) in [5, 5.41) is 11.2. The molecule has 3 rings (SSSR count). The van der Waals surface area contributed by atoms with Crippen LogP contribution in [-0.2, 0) is 6.54 Å². The zero-order chi connectivity index (χ0) is 18.4. The van der Waals surface area contributed by atoms with Crippen LogP contribution < -0.4 is 5.32 Å². The molecule has 1 atom stereocenters. The zero-order valence-corrected chi connectivity index (χ0v) is 15.0. The zero-order valence-electron chi connectivity index (χ0n) is 15.0. The predicted octanol–water partition coefficient (Wildman–Crippen LogP) is 2.36. The van der Waals surface area contributed by atoms with Crippen molar-refractivity contribution in [2.24, 2.45) is 0 Å². The lowest BCUT2D eigenvalue weighted by atomic mass is 10.1. The Morgan fingerprint density at radius 3 is 2.38 bits per heavy atom. The van der Waals surface area contributed by atoms with Gasteiger partial charge in [-0.05, 0) is 25.2 Å². The first-order chi connectivity index (χ1) is 12.6. The maximum Gasteiger partial charge on any atom is 0.273 e. The lowest BCUT2D eigenvalue weighted by Gasteiger charge is -2.22. The van der Waals surface area contributed by atoms with Gasteiger partial charge in [-0.25, -0.2) is 4.68 Å². The van der Waals surface area contributed by atoms with Crippen LogP contribution in [0.15, 0.2) is 66.9 Å². The van der Waals surface area contributed by atoms with Gasteiger partial charge in [0, 0.05) is 6.54 Å². The minimum absolute atomic E-state index is 0.113. The van der Waals surface area contributed by atoms with Crippen molar-refractivity contribution in [3.63, 3.8) is 0 Å². The number of hydrogen-bond donors (Lipinski definition) is 1. The molecular formula is C20H23N5O. The number of benzene rings is 2. The van der Waals surface area contributed by atoms with Gasteiger partial charge in [0.2, 0.25) is 0 Å². The summed E-state index contributed by atoms with van der Waals surface area (Å²) in [6, 6.07) is 19.8. The summed E-state index contributed by atoms with van der Waals surface area (Å²) in [4.78, 5) is 14.7. The summed E-state index contributed by atoms with van der Waals surface area (Å²) in [5.74, 6) is -0.222. The number of amides is 1. The number of nitrogens with zero attached hydrogens (tertiary/aromatic N) is 4. The maximum atomic E-state index is 12.6. The normalized spacial score (nSPS) is 12.1. The summed E-state index contributed by atoms with van der Waals surface area (Å²) in [6.07, 6.45) is 1.68. The van der Waals surface area contributed by atoms with Crippen molar-refractivity contribution in [2.75, 3.05) is 20.6 Å². The fourth-order valence-electron chi connectivity index (χ4n) is 2.77. The summed E-state index contributed by atoms with van der Waals surface area (Å²) in [7, 11) is 3.97. The molecule has 134 valence electrons. The molecule has 3 aromatic rings. The third-order valence-corrected chi connectivity index (χ3v) is 4.01. The van der Waals surface area contributed by atoms with Crippen LogP contribution in [0.2, 0.25) is 0 Å². The van der Waals surface area contributed by atoms with E-state index >= 15 is 0 Å². The van der Waals surface area contributed by atoms with Gasteiger partial charge in [0.1, 0.15) is 0 Å². The Balaban J connectivity index is 1.70. The third kappa shape index (κ3) is 4.77. The smallest absolute Gasteiger partial charge is 0.273 e. The molecule has 0 aliphatic heterocycles. The molecule has 0 aliphatic carbocycles. The molecule has 0 saturated carbocycles. The van der Waals surface area contributed by atoms with Crippen LogP contribution in [0.4, 0.5) is 0 Å². The van der Waals surface area contributed by atoms with Gasteiger partial charge in [0.25, 0.3) is 5.91 Å². The van der Waals surface area contributed by atoms with E-state index in [0.717, 1.165) is 11.1 Å². The van der Waals surface area contributed by atoms with Crippen LogP contribution in [0.25, 0.3) is 0 Å². The maximum absolute atomic E-state index is 12.6. The predicted molar refractivity (Wildman–Crippen MR) is 101 cm³/mol. The molecule has 6 heteroatoms. The average molecular weight is 349 g/mol. The number of hydrogen-bond acceptors (Lipinski definition) is 4. The molecule has 1 aromatic heterocycles. The lowest BCUT2D eigenvalue weighted by molar-refractivity contribution is 0.0924. The van der Waals surface area contributed by atoms with Gasteiger partial charge in [-0.1, -0.05) is 65.9 Å². The number of nitrogens with one attached hydrogen (secondary N) is 1. The Hall–Kier alpha value is -2.99. The number of carbonyl (C=O) groups is 1. The monoisotopic (exact) mass is 349 g/mol. The number of carbonyl (C=O) groups excluding carboxylic acids is 1. The molecule has 0 bridgehead atoms. The van der Waals surface area contributed by atoms with E-state index in [1.54, 1.807) is 10.9 Å². The summed E-state index contributed by atoms with van der Waals surface area (Å²) in [6.45, 7) is 1.29. The molecule has 0 saturated heterocycles. The average Bonchev–Trinajstić information content (AvgIpc) is 3.11. The van der Waals surface area contributed by atoms with Crippen LogP contribution in [0.3, 0.4) is 0 Å². The van der Waals surface area contributed by atoms with Crippen LogP contribution in [-0.4, -0.2) is 46.4 Å². The fourth-order valence-corrected chi connectivity index (χ4v) is 2.77. The molecular weight excluding hydrogens is 326 g/mol. The molecule has 0 radical (unpaired) electrons. The SMILES string of the molecule is CN(C)CC(NC(=O)c1cn(Cc2ccccc2)nn1)c1ccccc1. The lowest BCUT2D eigenvalue weighted by Crippen LogP contribution is -2.35. The van der Waals surface area contributed by atoms with Crippen molar-refractivity contribution in [3.8, 4) is 0 Å². The fraction of sp³-hybridized carbons (Fsp3) is 0.250. The van der Waals surface area contributed by atoms with Crippen LogP contribution in [0.5, 0.6) is 0 Å². The second-order valence-electron chi connectivity index (χ2n) is 6.49. The Morgan fingerprint density at radius 2 is 1.73 bits per heavy atom. The minimum Gasteiger partial charge on any atom is -0.342 e. The quantitative estimate of drug-likeness (QED) is 0.711. The van der Waals surface area contributed by atoms with E-state index in [1.807, 2.05) is 79.7 Å². The van der Waals surface area contributed by atoms with E-state index in [1.165, 1.54) is 0 Å². The van der Waals surface area contributed by atoms with Crippen LogP contribution >= 0.6 is 0 Å². The summed E-state index contributed by atoms with van der Waals surface area (Å²) >= 11 is 0. The van der Waals surface area contributed by atoms with Crippen molar-refractivity contribution in [3.05, 3.63) is 83.7 Å².